The van der Waals surface area contributed by atoms with Crippen molar-refractivity contribution in [3.8, 4) is 23.0 Å². The molecule has 0 aliphatic carbocycles. The predicted octanol–water partition coefficient (Wildman–Crippen LogP) is 3.34. The Kier molecular flexibility index (Phi) is 7.72. The lowest BCUT2D eigenvalue weighted by Crippen LogP contribution is -2.41. The maximum absolute atomic E-state index is 12.6. The van der Waals surface area contributed by atoms with Crippen LogP contribution in [-0.2, 0) is 0 Å². The van der Waals surface area contributed by atoms with Crippen LogP contribution in [0.3, 0.4) is 0 Å². The van der Waals surface area contributed by atoms with Crippen molar-refractivity contribution < 1.29 is 28.5 Å². The molecule has 0 radical (unpaired) electrons. The Bertz CT molecular complexity index is 876. The van der Waals surface area contributed by atoms with Gasteiger partial charge in [0.05, 0.1) is 33.0 Å². The van der Waals surface area contributed by atoms with E-state index in [0.717, 1.165) is 0 Å². The molecule has 2 amide bonds. The van der Waals surface area contributed by atoms with Crippen molar-refractivity contribution in [3.05, 3.63) is 45.9 Å². The summed E-state index contributed by atoms with van der Waals surface area (Å²) >= 11 is 3.33. The van der Waals surface area contributed by atoms with E-state index in [1.54, 1.807) is 18.2 Å². The maximum atomic E-state index is 12.6. The minimum atomic E-state index is -0.557. The van der Waals surface area contributed by atoms with E-state index in [1.165, 1.54) is 33.5 Å². The van der Waals surface area contributed by atoms with Crippen molar-refractivity contribution in [2.45, 2.75) is 20.0 Å². The smallest absolute Gasteiger partial charge is 0.273 e. The molecule has 9 heteroatoms. The van der Waals surface area contributed by atoms with E-state index >= 15 is 0 Å². The number of hydrogen-bond donors (Lipinski definition) is 2. The lowest BCUT2D eigenvalue weighted by molar-refractivity contribution is 0.0843. The van der Waals surface area contributed by atoms with Gasteiger partial charge in [-0.25, -0.2) is 0 Å². The summed E-state index contributed by atoms with van der Waals surface area (Å²) in [6, 6.07) is 8.02. The number of benzene rings is 2. The Balaban J connectivity index is 2.19. The second kappa shape index (κ2) is 10.0. The zero-order valence-corrected chi connectivity index (χ0v) is 18.4. The largest absolute Gasteiger partial charge is 0.493 e. The topological polar surface area (TPSA) is 95.1 Å². The maximum Gasteiger partial charge on any atom is 0.273 e. The third-order valence-corrected chi connectivity index (χ3v) is 4.26. The van der Waals surface area contributed by atoms with Crippen LogP contribution in [0.25, 0.3) is 0 Å². The summed E-state index contributed by atoms with van der Waals surface area (Å²) in [6.45, 7) is 3.71. The average Bonchev–Trinajstić information content (AvgIpc) is 2.71. The number of halogens is 1. The number of ether oxygens (including phenoxy) is 4. The average molecular weight is 467 g/mol. The van der Waals surface area contributed by atoms with Crippen LogP contribution in [0.1, 0.15) is 34.6 Å². The van der Waals surface area contributed by atoms with Crippen LogP contribution >= 0.6 is 15.9 Å². The number of rotatable bonds is 7. The molecule has 0 atom stereocenters. The molecule has 0 bridgehead atoms. The van der Waals surface area contributed by atoms with Crippen molar-refractivity contribution in [2.24, 2.45) is 0 Å². The van der Waals surface area contributed by atoms with Gasteiger partial charge >= 0.3 is 0 Å². The van der Waals surface area contributed by atoms with Crippen molar-refractivity contribution in [1.29, 1.82) is 0 Å². The Morgan fingerprint density at radius 1 is 0.862 bits per heavy atom. The fourth-order valence-electron chi connectivity index (χ4n) is 2.50. The van der Waals surface area contributed by atoms with Gasteiger partial charge in [-0.15, -0.1) is 0 Å². The van der Waals surface area contributed by atoms with E-state index in [9.17, 15) is 9.59 Å². The van der Waals surface area contributed by atoms with Crippen LogP contribution in [0.5, 0.6) is 23.0 Å². The molecule has 2 rings (SSSR count). The Morgan fingerprint density at radius 2 is 1.45 bits per heavy atom. The molecule has 0 fully saturated rings. The van der Waals surface area contributed by atoms with Crippen LogP contribution in [-0.4, -0.2) is 39.2 Å². The van der Waals surface area contributed by atoms with E-state index in [2.05, 4.69) is 26.8 Å². The molecule has 156 valence electrons. The van der Waals surface area contributed by atoms with Gasteiger partial charge in [-0.3, -0.25) is 20.4 Å². The normalized spacial score (nSPS) is 10.3. The third-order valence-electron chi connectivity index (χ3n) is 3.77. The summed E-state index contributed by atoms with van der Waals surface area (Å²) in [5.41, 5.74) is 5.26. The van der Waals surface area contributed by atoms with Gasteiger partial charge in [0, 0.05) is 10.0 Å². The number of carbonyl (C=O) groups excluding carboxylic acids is 2. The summed E-state index contributed by atoms with van der Waals surface area (Å²) in [6.07, 6.45) is -0.114. The highest BCUT2D eigenvalue weighted by Crippen LogP contribution is 2.38. The molecule has 0 saturated heterocycles. The van der Waals surface area contributed by atoms with Crippen LogP contribution in [0.2, 0.25) is 0 Å². The fraction of sp³-hybridized carbons (Fsp3) is 0.300. The minimum absolute atomic E-state index is 0.114. The van der Waals surface area contributed by atoms with Crippen LogP contribution in [0, 0.1) is 0 Å². The Morgan fingerprint density at radius 3 is 1.97 bits per heavy atom. The van der Waals surface area contributed by atoms with Gasteiger partial charge in [-0.2, -0.15) is 0 Å². The summed E-state index contributed by atoms with van der Waals surface area (Å²) in [7, 11) is 4.36. The second-order valence-corrected chi connectivity index (χ2v) is 7.05. The molecule has 0 aliphatic rings. The van der Waals surface area contributed by atoms with E-state index in [0.29, 0.717) is 27.5 Å². The van der Waals surface area contributed by atoms with Crippen LogP contribution < -0.4 is 29.8 Å². The number of carbonyl (C=O) groups is 2. The molecule has 29 heavy (non-hydrogen) atoms. The Hall–Kier alpha value is -2.94. The molecule has 0 unspecified atom stereocenters. The molecular formula is C20H23BrN2O6. The molecule has 0 saturated carbocycles. The molecule has 0 aliphatic heterocycles. The molecule has 2 N–H and O–H groups in total. The molecule has 0 aromatic heterocycles. The van der Waals surface area contributed by atoms with E-state index in [-0.39, 0.29) is 17.2 Å². The highest BCUT2D eigenvalue weighted by Gasteiger charge is 2.19. The van der Waals surface area contributed by atoms with Gasteiger partial charge in [0.25, 0.3) is 11.8 Å². The highest BCUT2D eigenvalue weighted by molar-refractivity contribution is 9.10. The first-order chi connectivity index (χ1) is 13.8. The summed E-state index contributed by atoms with van der Waals surface area (Å²) in [4.78, 5) is 25.1. The number of amides is 2. The zero-order valence-electron chi connectivity index (χ0n) is 16.8. The van der Waals surface area contributed by atoms with E-state index < -0.39 is 11.8 Å². The highest BCUT2D eigenvalue weighted by atomic mass is 79.9. The molecule has 2 aromatic rings. The van der Waals surface area contributed by atoms with Crippen molar-refractivity contribution in [2.75, 3.05) is 21.3 Å². The van der Waals surface area contributed by atoms with Crippen molar-refractivity contribution in [1.82, 2.24) is 10.9 Å². The lowest BCUT2D eigenvalue weighted by Gasteiger charge is -2.16. The van der Waals surface area contributed by atoms with Crippen molar-refractivity contribution >= 4 is 27.7 Å². The predicted molar refractivity (Wildman–Crippen MR) is 111 cm³/mol. The number of nitrogens with one attached hydrogen (secondary N) is 2. The fourth-order valence-corrected chi connectivity index (χ4v) is 2.86. The molecule has 0 spiro atoms. The first-order valence-corrected chi connectivity index (χ1v) is 9.46. The first kappa shape index (κ1) is 22.4. The van der Waals surface area contributed by atoms with Crippen molar-refractivity contribution in [3.63, 3.8) is 0 Å². The minimum Gasteiger partial charge on any atom is -0.493 e. The standard InChI is InChI=1S/C20H23BrN2O6/c1-11(2)29-15-7-6-13(21)10-14(15)20(25)23-22-19(24)12-8-16(26-3)18(28-5)17(9-12)27-4/h6-11H,1-5H3,(H,22,24)(H,23,25). The summed E-state index contributed by atoms with van der Waals surface area (Å²) in [5.74, 6) is 0.329. The van der Waals surface area contributed by atoms with Gasteiger partial charge in [0.2, 0.25) is 5.75 Å². The van der Waals surface area contributed by atoms with E-state index in [4.69, 9.17) is 18.9 Å². The Labute approximate surface area is 177 Å². The monoisotopic (exact) mass is 466 g/mol. The van der Waals surface area contributed by atoms with Gasteiger partial charge in [0.15, 0.2) is 11.5 Å². The molecule has 2 aromatic carbocycles. The molecule has 0 heterocycles. The van der Waals surface area contributed by atoms with Crippen LogP contribution in [0.15, 0.2) is 34.8 Å². The quantitative estimate of drug-likeness (QED) is 0.607. The number of methoxy groups -OCH3 is 3. The summed E-state index contributed by atoms with van der Waals surface area (Å²) in [5, 5.41) is 0. The zero-order chi connectivity index (χ0) is 21.6. The lowest BCUT2D eigenvalue weighted by atomic mass is 10.1. The van der Waals surface area contributed by atoms with Gasteiger partial charge < -0.3 is 18.9 Å². The SMILES string of the molecule is COc1cc(C(=O)NNC(=O)c2cc(Br)ccc2OC(C)C)cc(OC)c1OC. The van der Waals surface area contributed by atoms with Crippen LogP contribution in [0.4, 0.5) is 0 Å². The first-order valence-electron chi connectivity index (χ1n) is 8.67. The number of hydrazine groups is 1. The van der Waals surface area contributed by atoms with Gasteiger partial charge in [-0.1, -0.05) is 15.9 Å². The summed E-state index contributed by atoms with van der Waals surface area (Å²) < 4.78 is 22.1. The van der Waals surface area contributed by atoms with Gasteiger partial charge in [0.1, 0.15) is 5.75 Å². The third kappa shape index (κ3) is 5.54. The second-order valence-electron chi connectivity index (χ2n) is 6.13. The molecule has 8 nitrogen and oxygen atoms in total. The van der Waals surface area contributed by atoms with Gasteiger partial charge in [-0.05, 0) is 44.2 Å². The van der Waals surface area contributed by atoms with E-state index in [1.807, 2.05) is 13.8 Å². The molecular weight excluding hydrogens is 444 g/mol. The number of hydrogen-bond acceptors (Lipinski definition) is 6.